The summed E-state index contributed by atoms with van der Waals surface area (Å²) in [5.74, 6) is -2.95. The third-order valence-corrected chi connectivity index (χ3v) is 3.68. The molecule has 0 aromatic carbocycles. The van der Waals surface area contributed by atoms with Gasteiger partial charge in [-0.05, 0) is 19.8 Å². The van der Waals surface area contributed by atoms with Crippen LogP contribution in [-0.4, -0.2) is 86.0 Å². The van der Waals surface area contributed by atoms with Gasteiger partial charge in [-0.2, -0.15) is 8.42 Å². The Balaban J connectivity index is -0.000000146. The summed E-state index contributed by atoms with van der Waals surface area (Å²) in [5, 5.41) is 31.4. The molecule has 11 nitrogen and oxygen atoms in total. The zero-order valence-corrected chi connectivity index (χ0v) is 21.0. The van der Waals surface area contributed by atoms with Gasteiger partial charge >= 0.3 is 59.1 Å². The fourth-order valence-electron chi connectivity index (χ4n) is 1.47. The summed E-state index contributed by atoms with van der Waals surface area (Å²) in [6.45, 7) is 6.80. The molecular weight excluding hydrogens is 404 g/mol. The van der Waals surface area contributed by atoms with Gasteiger partial charge in [0, 0.05) is 44.7 Å². The number of β-amino-alcohol motifs (C(OH)–C–C–N with tert-alkyl or cyclic N) is 1. The molecule has 1 saturated heterocycles. The Bertz CT molecular complexity index is 473. The number of nitrogens with zero attached hydrogens (tertiary/aromatic N) is 1. The minimum Gasteiger partial charge on any atom is -0.550 e. The summed E-state index contributed by atoms with van der Waals surface area (Å²) in [5.41, 5.74) is 4.91. The number of aliphatic hydroxyl groups excluding tert-OH is 1. The van der Waals surface area contributed by atoms with E-state index in [2.05, 4.69) is 10.2 Å². The van der Waals surface area contributed by atoms with E-state index in [4.69, 9.17) is 15.4 Å². The number of piperazine rings is 1. The van der Waals surface area contributed by atoms with Gasteiger partial charge in [-0.3, -0.25) is 9.45 Å². The number of nitrogens with two attached hydrogens (primary N) is 1. The van der Waals surface area contributed by atoms with Gasteiger partial charge in [-0.15, -0.1) is 0 Å². The number of nitrogens with one attached hydrogen (secondary N) is 1. The number of aliphatic carboxylic acids is 2. The number of carbonyl (C=O) groups excluding carboxylic acids is 2. The van der Waals surface area contributed by atoms with Crippen LogP contribution in [0.25, 0.3) is 0 Å². The van der Waals surface area contributed by atoms with Crippen LogP contribution in [-0.2, 0) is 19.7 Å². The molecule has 14 heteroatoms. The Morgan fingerprint density at radius 3 is 1.96 bits per heavy atom. The monoisotopic (exact) mass is 431 g/mol. The maximum Gasteiger partial charge on any atom is 1.00 e. The summed E-state index contributed by atoms with van der Waals surface area (Å²) >= 11 is 0. The SMILES string of the molecule is CCS(=O)(=O)O.N[C@@H](CCC(=O)[O-])C(=O)[O-].OCCN1CCNCC1.[Na+].[Na+]. The molecule has 1 aliphatic rings. The first kappa shape index (κ1) is 35.1. The fourth-order valence-corrected chi connectivity index (χ4v) is 1.47. The van der Waals surface area contributed by atoms with Crippen LogP contribution in [0.3, 0.4) is 0 Å². The van der Waals surface area contributed by atoms with Crippen molar-refractivity contribution < 1.29 is 97.0 Å². The second-order valence-corrected chi connectivity index (χ2v) is 6.76. The molecule has 0 radical (unpaired) electrons. The van der Waals surface area contributed by atoms with Gasteiger partial charge in [0.05, 0.1) is 18.3 Å². The minimum absolute atomic E-state index is 0. The zero-order valence-electron chi connectivity index (χ0n) is 16.2. The van der Waals surface area contributed by atoms with Crippen molar-refractivity contribution in [1.82, 2.24) is 10.2 Å². The number of hydrogen-bond donors (Lipinski definition) is 4. The molecule has 0 saturated carbocycles. The number of rotatable bonds is 7. The molecule has 150 valence electrons. The predicted octanol–water partition coefficient (Wildman–Crippen LogP) is -10.6. The van der Waals surface area contributed by atoms with Crippen LogP contribution in [0.2, 0.25) is 0 Å². The van der Waals surface area contributed by atoms with Crippen molar-refractivity contribution in [2.45, 2.75) is 25.8 Å². The summed E-state index contributed by atoms with van der Waals surface area (Å²) in [6, 6.07) is -1.21. The molecule has 0 aliphatic carbocycles. The van der Waals surface area contributed by atoms with Gasteiger partial charge in [-0.25, -0.2) is 0 Å². The van der Waals surface area contributed by atoms with Crippen molar-refractivity contribution >= 4 is 22.1 Å². The first-order chi connectivity index (χ1) is 11.5. The number of carbonyl (C=O) groups is 2. The number of carboxylic acids is 2. The quantitative estimate of drug-likeness (QED) is 0.221. The zero-order chi connectivity index (χ0) is 19.9. The van der Waals surface area contributed by atoms with Gasteiger partial charge < -0.3 is 36.0 Å². The number of hydrogen-bond acceptors (Lipinski definition) is 10. The van der Waals surface area contributed by atoms with Crippen LogP contribution in [0, 0.1) is 0 Å². The van der Waals surface area contributed by atoms with E-state index in [1.165, 1.54) is 6.92 Å². The topological polar surface area (TPSA) is 196 Å². The molecule has 27 heavy (non-hydrogen) atoms. The molecule has 0 spiro atoms. The average molecular weight is 431 g/mol. The van der Waals surface area contributed by atoms with E-state index in [1.807, 2.05) is 0 Å². The van der Waals surface area contributed by atoms with Crippen LogP contribution in [0.5, 0.6) is 0 Å². The largest absolute Gasteiger partial charge is 1.00 e. The van der Waals surface area contributed by atoms with Crippen molar-refractivity contribution in [3.63, 3.8) is 0 Å². The normalized spacial score (nSPS) is 14.7. The molecule has 1 aliphatic heterocycles. The van der Waals surface area contributed by atoms with Crippen molar-refractivity contribution in [2.24, 2.45) is 5.73 Å². The van der Waals surface area contributed by atoms with Crippen LogP contribution in [0.4, 0.5) is 0 Å². The Kier molecular flexibility index (Phi) is 27.9. The minimum atomic E-state index is -3.66. The molecule has 5 N–H and O–H groups in total. The Hall–Kier alpha value is 0.690. The molecule has 1 fully saturated rings. The maximum absolute atomic E-state index is 9.86. The van der Waals surface area contributed by atoms with E-state index in [-0.39, 0.29) is 77.7 Å². The molecule has 0 bridgehead atoms. The van der Waals surface area contributed by atoms with Crippen molar-refractivity contribution in [2.75, 3.05) is 45.1 Å². The van der Waals surface area contributed by atoms with Crippen LogP contribution >= 0.6 is 0 Å². The summed E-state index contributed by atoms with van der Waals surface area (Å²) in [7, 11) is -3.66. The Labute approximate surface area is 204 Å². The third kappa shape index (κ3) is 29.0. The second-order valence-electron chi connectivity index (χ2n) is 5.02. The second kappa shape index (κ2) is 21.4. The number of aliphatic hydroxyl groups is 1. The van der Waals surface area contributed by atoms with E-state index < -0.39 is 28.1 Å². The van der Waals surface area contributed by atoms with E-state index in [9.17, 15) is 28.2 Å². The first-order valence-electron chi connectivity index (χ1n) is 7.68. The van der Waals surface area contributed by atoms with Gasteiger partial charge in [0.2, 0.25) is 0 Å². The van der Waals surface area contributed by atoms with Gasteiger partial charge in [-0.1, -0.05) is 0 Å². The molecule has 0 aromatic heterocycles. The van der Waals surface area contributed by atoms with E-state index in [1.54, 1.807) is 0 Å². The molecular formula is C13H27N3Na2O8S. The molecule has 1 atom stereocenters. The van der Waals surface area contributed by atoms with Crippen LogP contribution in [0.1, 0.15) is 19.8 Å². The molecule has 1 rings (SSSR count). The van der Waals surface area contributed by atoms with Gasteiger partial charge in [0.25, 0.3) is 10.1 Å². The van der Waals surface area contributed by atoms with Crippen molar-refractivity contribution in [3.8, 4) is 0 Å². The van der Waals surface area contributed by atoms with E-state index >= 15 is 0 Å². The van der Waals surface area contributed by atoms with Crippen LogP contribution < -0.4 is 80.4 Å². The van der Waals surface area contributed by atoms with Crippen molar-refractivity contribution in [1.29, 1.82) is 0 Å². The van der Waals surface area contributed by atoms with Gasteiger partial charge in [0.1, 0.15) is 0 Å². The summed E-state index contributed by atoms with van der Waals surface area (Å²) in [4.78, 5) is 21.9. The Morgan fingerprint density at radius 2 is 1.67 bits per heavy atom. The standard InChI is InChI=1S/C6H14N2O.C5H9NO4.C2H6O3S.2Na/c9-6-5-8-3-1-7-2-4-8;6-3(5(9)10)1-2-4(7)8;1-2-6(3,4)5;;/h7,9H,1-6H2;3H,1-2,6H2,(H,7,8)(H,9,10);2H2,1H3,(H,3,4,5);;/q;;;2*+1/p-2/t;3-;;;/m.0.../s1. The van der Waals surface area contributed by atoms with Crippen LogP contribution in [0.15, 0.2) is 0 Å². The molecule has 0 amide bonds. The average Bonchev–Trinajstić information content (AvgIpc) is 2.54. The molecule has 0 aromatic rings. The van der Waals surface area contributed by atoms with E-state index in [0.29, 0.717) is 6.61 Å². The predicted molar refractivity (Wildman–Crippen MR) is 85.7 cm³/mol. The summed E-state index contributed by atoms with van der Waals surface area (Å²) in [6.07, 6.45) is -0.500. The third-order valence-electron chi connectivity index (χ3n) is 2.95. The van der Waals surface area contributed by atoms with E-state index in [0.717, 1.165) is 32.7 Å². The summed E-state index contributed by atoms with van der Waals surface area (Å²) < 4.78 is 26.9. The molecule has 1 heterocycles. The number of carboxylic acid groups (broad SMARTS) is 2. The smallest absolute Gasteiger partial charge is 0.550 e. The molecule has 0 unspecified atom stereocenters. The first-order valence-corrected chi connectivity index (χ1v) is 9.29. The van der Waals surface area contributed by atoms with Crippen molar-refractivity contribution in [3.05, 3.63) is 0 Å². The Morgan fingerprint density at radius 1 is 1.22 bits per heavy atom. The fraction of sp³-hybridized carbons (Fsp3) is 0.846. The van der Waals surface area contributed by atoms with Gasteiger partial charge in [0.15, 0.2) is 0 Å². The maximum atomic E-state index is 9.86.